The van der Waals surface area contributed by atoms with Crippen molar-refractivity contribution < 1.29 is 22.7 Å². The highest BCUT2D eigenvalue weighted by Gasteiger charge is 2.30. The first-order valence-electron chi connectivity index (χ1n) is 9.05. The molecule has 1 aromatic heterocycles. The molecule has 2 aromatic carbocycles. The van der Waals surface area contributed by atoms with Crippen molar-refractivity contribution in [1.82, 2.24) is 14.8 Å². The fourth-order valence-electron chi connectivity index (χ4n) is 2.66. The molecule has 0 spiro atoms. The zero-order valence-electron chi connectivity index (χ0n) is 16.5. The van der Waals surface area contributed by atoms with Crippen LogP contribution in [0.5, 0.6) is 5.75 Å². The summed E-state index contributed by atoms with van der Waals surface area (Å²) in [4.78, 5) is 12.1. The Bertz CT molecular complexity index is 1060. The van der Waals surface area contributed by atoms with Crippen LogP contribution in [0.4, 0.5) is 18.9 Å². The summed E-state index contributed by atoms with van der Waals surface area (Å²) in [5, 5.41) is 11.7. The number of anilines is 1. The van der Waals surface area contributed by atoms with Crippen molar-refractivity contribution in [2.45, 2.75) is 24.4 Å². The van der Waals surface area contributed by atoms with Crippen molar-refractivity contribution in [1.29, 1.82) is 0 Å². The maximum absolute atomic E-state index is 12.6. The molecular formula is C20H18ClF3N4O2S. The Hall–Kier alpha value is -2.72. The van der Waals surface area contributed by atoms with E-state index in [-0.39, 0.29) is 17.3 Å². The van der Waals surface area contributed by atoms with Crippen molar-refractivity contribution in [3.8, 4) is 5.75 Å². The standard InChI is InChI=1S/C20H18ClF3N4O2S/c1-12(30-16-6-4-3-5-15(16)21)18-26-27-19(28(18)2)31-11-17(29)25-14-9-7-13(8-10-14)20(22,23)24/h3-10,12H,11H2,1-2H3,(H,25,29). The summed E-state index contributed by atoms with van der Waals surface area (Å²) < 4.78 is 45.4. The van der Waals surface area contributed by atoms with E-state index in [0.29, 0.717) is 21.8 Å². The van der Waals surface area contributed by atoms with Gasteiger partial charge in [0.15, 0.2) is 17.1 Å². The number of para-hydroxylation sites is 1. The summed E-state index contributed by atoms with van der Waals surface area (Å²) in [5.74, 6) is 0.692. The normalized spacial score (nSPS) is 12.5. The van der Waals surface area contributed by atoms with Crippen LogP contribution in [0.15, 0.2) is 53.7 Å². The first kappa shape index (κ1) is 23.0. The minimum atomic E-state index is -4.42. The van der Waals surface area contributed by atoms with Gasteiger partial charge in [-0.05, 0) is 43.3 Å². The van der Waals surface area contributed by atoms with E-state index >= 15 is 0 Å². The molecule has 31 heavy (non-hydrogen) atoms. The smallest absolute Gasteiger partial charge is 0.416 e. The molecule has 3 aromatic rings. The Balaban J connectivity index is 1.57. The van der Waals surface area contributed by atoms with Crippen molar-refractivity contribution in [3.05, 3.63) is 64.9 Å². The number of nitrogens with zero attached hydrogens (tertiary/aromatic N) is 3. The maximum Gasteiger partial charge on any atom is 0.416 e. The zero-order valence-corrected chi connectivity index (χ0v) is 18.1. The summed E-state index contributed by atoms with van der Waals surface area (Å²) in [7, 11) is 1.75. The molecule has 0 saturated carbocycles. The highest BCUT2D eigenvalue weighted by molar-refractivity contribution is 7.99. The Morgan fingerprint density at radius 3 is 2.52 bits per heavy atom. The van der Waals surface area contributed by atoms with E-state index in [1.54, 1.807) is 42.8 Å². The second kappa shape index (κ2) is 9.61. The number of rotatable bonds is 7. The molecule has 0 radical (unpaired) electrons. The Labute approximate surface area is 185 Å². The Kier molecular flexibility index (Phi) is 7.11. The van der Waals surface area contributed by atoms with E-state index in [4.69, 9.17) is 16.3 Å². The molecule has 0 saturated heterocycles. The average Bonchev–Trinajstić information content (AvgIpc) is 3.08. The molecule has 11 heteroatoms. The molecule has 0 bridgehead atoms. The summed E-state index contributed by atoms with van der Waals surface area (Å²) in [5.41, 5.74) is -0.501. The van der Waals surface area contributed by atoms with Gasteiger partial charge in [-0.3, -0.25) is 4.79 Å². The van der Waals surface area contributed by atoms with Gasteiger partial charge in [0.1, 0.15) is 5.75 Å². The minimum Gasteiger partial charge on any atom is -0.481 e. The van der Waals surface area contributed by atoms with Gasteiger partial charge >= 0.3 is 6.18 Å². The van der Waals surface area contributed by atoms with Crippen LogP contribution in [0.3, 0.4) is 0 Å². The maximum atomic E-state index is 12.6. The molecule has 3 rings (SSSR count). The van der Waals surface area contributed by atoms with E-state index < -0.39 is 17.8 Å². The van der Waals surface area contributed by atoms with Crippen LogP contribution in [0.25, 0.3) is 0 Å². The SMILES string of the molecule is CC(Oc1ccccc1Cl)c1nnc(SCC(=O)Nc2ccc(C(F)(F)F)cc2)n1C. The van der Waals surface area contributed by atoms with Crippen molar-refractivity contribution in [2.24, 2.45) is 7.05 Å². The molecule has 1 atom stereocenters. The zero-order chi connectivity index (χ0) is 22.6. The van der Waals surface area contributed by atoms with Crippen LogP contribution in [-0.2, 0) is 18.0 Å². The molecule has 0 aliphatic heterocycles. The van der Waals surface area contributed by atoms with Crippen molar-refractivity contribution >= 4 is 35.0 Å². The second-order valence-corrected chi connectivity index (χ2v) is 7.85. The van der Waals surface area contributed by atoms with Crippen LogP contribution in [0.1, 0.15) is 24.4 Å². The van der Waals surface area contributed by atoms with Crippen LogP contribution >= 0.6 is 23.4 Å². The molecule has 0 aliphatic rings. The minimum absolute atomic E-state index is 0.00669. The average molecular weight is 471 g/mol. The van der Waals surface area contributed by atoms with Gasteiger partial charge in [0, 0.05) is 12.7 Å². The number of amides is 1. The third-order valence-corrected chi connectivity index (χ3v) is 5.53. The van der Waals surface area contributed by atoms with Crippen LogP contribution in [-0.4, -0.2) is 26.4 Å². The van der Waals surface area contributed by atoms with Gasteiger partial charge in [-0.25, -0.2) is 0 Å². The van der Waals surface area contributed by atoms with Gasteiger partial charge in [-0.15, -0.1) is 10.2 Å². The van der Waals surface area contributed by atoms with E-state index in [2.05, 4.69) is 15.5 Å². The van der Waals surface area contributed by atoms with Gasteiger partial charge in [0.05, 0.1) is 16.3 Å². The summed E-state index contributed by atoms with van der Waals surface area (Å²) in [6, 6.07) is 11.3. The predicted octanol–water partition coefficient (Wildman–Crippen LogP) is 5.36. The molecule has 164 valence electrons. The molecule has 1 N–H and O–H groups in total. The lowest BCUT2D eigenvalue weighted by Crippen LogP contribution is -2.15. The van der Waals surface area contributed by atoms with E-state index in [0.717, 1.165) is 23.9 Å². The van der Waals surface area contributed by atoms with Gasteiger partial charge in [-0.2, -0.15) is 13.2 Å². The topological polar surface area (TPSA) is 69.0 Å². The number of aromatic nitrogens is 3. The number of alkyl halides is 3. The molecule has 1 heterocycles. The third kappa shape index (κ3) is 5.92. The second-order valence-electron chi connectivity index (χ2n) is 6.50. The fraction of sp³-hybridized carbons (Fsp3) is 0.250. The lowest BCUT2D eigenvalue weighted by molar-refractivity contribution is -0.137. The number of hydrogen-bond acceptors (Lipinski definition) is 5. The number of benzene rings is 2. The quantitative estimate of drug-likeness (QED) is 0.471. The van der Waals surface area contributed by atoms with Gasteiger partial charge < -0.3 is 14.6 Å². The lowest BCUT2D eigenvalue weighted by atomic mass is 10.2. The van der Waals surface area contributed by atoms with Crippen LogP contribution < -0.4 is 10.1 Å². The number of halogens is 4. The van der Waals surface area contributed by atoms with Crippen molar-refractivity contribution in [2.75, 3.05) is 11.1 Å². The number of carbonyl (C=O) groups is 1. The van der Waals surface area contributed by atoms with E-state index in [1.165, 1.54) is 12.1 Å². The van der Waals surface area contributed by atoms with Crippen LogP contribution in [0, 0.1) is 0 Å². The summed E-state index contributed by atoms with van der Waals surface area (Å²) >= 11 is 7.26. The molecule has 6 nitrogen and oxygen atoms in total. The van der Waals surface area contributed by atoms with E-state index in [1.807, 2.05) is 0 Å². The van der Waals surface area contributed by atoms with Gasteiger partial charge in [-0.1, -0.05) is 35.5 Å². The third-order valence-electron chi connectivity index (χ3n) is 4.20. The Morgan fingerprint density at radius 2 is 1.87 bits per heavy atom. The molecule has 0 aliphatic carbocycles. The van der Waals surface area contributed by atoms with Gasteiger partial charge in [0.25, 0.3) is 0 Å². The number of thioether (sulfide) groups is 1. The molecular weight excluding hydrogens is 453 g/mol. The number of hydrogen-bond donors (Lipinski definition) is 1. The van der Waals surface area contributed by atoms with Crippen LogP contribution in [0.2, 0.25) is 5.02 Å². The molecule has 1 unspecified atom stereocenters. The predicted molar refractivity (Wildman–Crippen MR) is 112 cm³/mol. The largest absolute Gasteiger partial charge is 0.481 e. The fourth-order valence-corrected chi connectivity index (χ4v) is 3.56. The highest BCUT2D eigenvalue weighted by atomic mass is 35.5. The lowest BCUT2D eigenvalue weighted by Gasteiger charge is -2.15. The summed E-state index contributed by atoms with van der Waals surface area (Å²) in [6.07, 6.45) is -4.86. The Morgan fingerprint density at radius 1 is 1.19 bits per heavy atom. The molecule has 1 amide bonds. The number of nitrogens with one attached hydrogen (secondary N) is 1. The van der Waals surface area contributed by atoms with Crippen molar-refractivity contribution in [3.63, 3.8) is 0 Å². The summed E-state index contributed by atoms with van der Waals surface area (Å²) in [6.45, 7) is 1.80. The van der Waals surface area contributed by atoms with E-state index in [9.17, 15) is 18.0 Å². The monoisotopic (exact) mass is 470 g/mol. The first-order valence-corrected chi connectivity index (χ1v) is 10.4. The van der Waals surface area contributed by atoms with Gasteiger partial charge in [0.2, 0.25) is 5.91 Å². The molecule has 0 fully saturated rings. The number of carbonyl (C=O) groups excluding carboxylic acids is 1. The number of ether oxygens (including phenoxy) is 1. The first-order chi connectivity index (χ1) is 14.6. The highest BCUT2D eigenvalue weighted by Crippen LogP contribution is 2.30.